The van der Waals surface area contributed by atoms with Crippen molar-refractivity contribution in [2.24, 2.45) is 11.3 Å². The van der Waals surface area contributed by atoms with Gasteiger partial charge in [-0.2, -0.15) is 0 Å². The van der Waals surface area contributed by atoms with Gasteiger partial charge in [-0.15, -0.1) is 0 Å². The number of nitrogens with one attached hydrogen (secondary N) is 3. The standard InChI is InChI=1S/C18H24ClN3O2/c19-13-3-5-14(6-4-13)22-16(23)2-1-9-21-17(24)15-12-18(15)7-10-20-11-8-18/h3-6,15,20H,1-2,7-12H2,(H,21,24)(H,22,23). The highest BCUT2D eigenvalue weighted by molar-refractivity contribution is 6.30. The Bertz CT molecular complexity index is 597. The molecule has 5 nitrogen and oxygen atoms in total. The first-order chi connectivity index (χ1) is 11.6. The summed E-state index contributed by atoms with van der Waals surface area (Å²) >= 11 is 5.81. The molecule has 1 unspecified atom stereocenters. The second-order valence-corrected chi connectivity index (χ2v) is 7.26. The fourth-order valence-electron chi connectivity index (χ4n) is 3.54. The zero-order valence-corrected chi connectivity index (χ0v) is 14.5. The molecule has 3 N–H and O–H groups in total. The molecule has 1 atom stereocenters. The van der Waals surface area contributed by atoms with Gasteiger partial charge in [-0.1, -0.05) is 11.6 Å². The van der Waals surface area contributed by atoms with Crippen LogP contribution in [0.2, 0.25) is 5.02 Å². The van der Waals surface area contributed by atoms with E-state index in [-0.39, 0.29) is 23.1 Å². The molecule has 0 bridgehead atoms. The van der Waals surface area contributed by atoms with Gasteiger partial charge in [-0.25, -0.2) is 0 Å². The molecule has 1 aliphatic carbocycles. The van der Waals surface area contributed by atoms with Crippen molar-refractivity contribution >= 4 is 29.1 Å². The molecule has 1 aliphatic heterocycles. The molecular weight excluding hydrogens is 326 g/mol. The van der Waals surface area contributed by atoms with Crippen molar-refractivity contribution in [2.45, 2.75) is 32.1 Å². The van der Waals surface area contributed by atoms with Crippen molar-refractivity contribution in [3.63, 3.8) is 0 Å². The van der Waals surface area contributed by atoms with E-state index in [0.29, 0.717) is 24.4 Å². The predicted molar refractivity (Wildman–Crippen MR) is 95.0 cm³/mol. The molecule has 2 fully saturated rings. The minimum atomic E-state index is -0.0483. The Balaban J connectivity index is 1.31. The van der Waals surface area contributed by atoms with Crippen LogP contribution < -0.4 is 16.0 Å². The van der Waals surface area contributed by atoms with Gasteiger partial charge in [0, 0.05) is 29.6 Å². The fourth-order valence-corrected chi connectivity index (χ4v) is 3.66. The van der Waals surface area contributed by atoms with Crippen molar-refractivity contribution in [2.75, 3.05) is 25.0 Å². The molecule has 1 aromatic rings. The molecule has 3 rings (SSSR count). The van der Waals surface area contributed by atoms with Crippen LogP contribution in [0.4, 0.5) is 5.69 Å². The zero-order chi connectivity index (χ0) is 17.0. The SMILES string of the molecule is O=C(CCCNC(=O)C1CC12CCNCC2)Nc1ccc(Cl)cc1. The normalized spacial score (nSPS) is 21.3. The largest absolute Gasteiger partial charge is 0.356 e. The topological polar surface area (TPSA) is 70.2 Å². The monoisotopic (exact) mass is 349 g/mol. The Morgan fingerprint density at radius 2 is 1.92 bits per heavy atom. The van der Waals surface area contributed by atoms with E-state index in [1.807, 2.05) is 0 Å². The third kappa shape index (κ3) is 4.28. The lowest BCUT2D eigenvalue weighted by molar-refractivity contribution is -0.123. The summed E-state index contributed by atoms with van der Waals surface area (Å²) in [4.78, 5) is 24.1. The molecular formula is C18H24ClN3O2. The van der Waals surface area contributed by atoms with Crippen LogP contribution in [0.3, 0.4) is 0 Å². The Labute approximate surface area is 147 Å². The lowest BCUT2D eigenvalue weighted by atomic mass is 9.92. The fraction of sp³-hybridized carbons (Fsp3) is 0.556. The molecule has 1 aromatic carbocycles. The molecule has 2 amide bonds. The lowest BCUT2D eigenvalue weighted by Crippen LogP contribution is -2.34. The van der Waals surface area contributed by atoms with Crippen molar-refractivity contribution in [1.82, 2.24) is 10.6 Å². The van der Waals surface area contributed by atoms with Crippen molar-refractivity contribution in [1.29, 1.82) is 0 Å². The number of amides is 2. The third-order valence-corrected chi connectivity index (χ3v) is 5.37. The smallest absolute Gasteiger partial charge is 0.224 e. The number of rotatable bonds is 6. The number of halogens is 1. The first kappa shape index (κ1) is 17.2. The molecule has 1 saturated heterocycles. The summed E-state index contributed by atoms with van der Waals surface area (Å²) in [5.41, 5.74) is 1.00. The Morgan fingerprint density at radius 3 is 2.62 bits per heavy atom. The van der Waals surface area contributed by atoms with Gasteiger partial charge in [-0.05, 0) is 68.5 Å². The van der Waals surface area contributed by atoms with E-state index in [2.05, 4.69) is 16.0 Å². The van der Waals surface area contributed by atoms with Crippen molar-refractivity contribution in [3.05, 3.63) is 29.3 Å². The molecule has 2 aliphatic rings. The molecule has 0 aromatic heterocycles. The average molecular weight is 350 g/mol. The number of carbonyl (C=O) groups excluding carboxylic acids is 2. The first-order valence-corrected chi connectivity index (χ1v) is 9.01. The maximum absolute atomic E-state index is 12.2. The van der Waals surface area contributed by atoms with Crippen LogP contribution in [0.25, 0.3) is 0 Å². The molecule has 130 valence electrons. The van der Waals surface area contributed by atoms with Crippen LogP contribution in [0.5, 0.6) is 0 Å². The van der Waals surface area contributed by atoms with E-state index in [9.17, 15) is 9.59 Å². The molecule has 1 spiro atoms. The summed E-state index contributed by atoms with van der Waals surface area (Å²) in [6.07, 6.45) is 4.27. The van der Waals surface area contributed by atoms with Gasteiger partial charge in [-0.3, -0.25) is 9.59 Å². The minimum Gasteiger partial charge on any atom is -0.356 e. The highest BCUT2D eigenvalue weighted by Gasteiger charge is 2.57. The average Bonchev–Trinajstić information content (AvgIpc) is 3.27. The summed E-state index contributed by atoms with van der Waals surface area (Å²) in [6.45, 7) is 2.60. The quantitative estimate of drug-likeness (QED) is 0.691. The lowest BCUT2D eigenvalue weighted by Gasteiger charge is -2.23. The molecule has 24 heavy (non-hydrogen) atoms. The second kappa shape index (κ2) is 7.53. The van der Waals surface area contributed by atoms with Gasteiger partial charge in [0.15, 0.2) is 0 Å². The van der Waals surface area contributed by atoms with Gasteiger partial charge in [0.25, 0.3) is 0 Å². The van der Waals surface area contributed by atoms with Gasteiger partial charge in [0.2, 0.25) is 11.8 Å². The van der Waals surface area contributed by atoms with Crippen molar-refractivity contribution in [3.8, 4) is 0 Å². The number of anilines is 1. The van der Waals surface area contributed by atoms with Crippen LogP contribution in [0.15, 0.2) is 24.3 Å². The van der Waals surface area contributed by atoms with E-state index in [4.69, 9.17) is 11.6 Å². The number of carbonyl (C=O) groups is 2. The Hall–Kier alpha value is -1.59. The van der Waals surface area contributed by atoms with Crippen LogP contribution >= 0.6 is 11.6 Å². The number of hydrogen-bond donors (Lipinski definition) is 3. The van der Waals surface area contributed by atoms with Crippen molar-refractivity contribution < 1.29 is 9.59 Å². The molecule has 1 heterocycles. The van der Waals surface area contributed by atoms with Crippen LogP contribution in [-0.2, 0) is 9.59 Å². The van der Waals surface area contributed by atoms with Crippen LogP contribution in [-0.4, -0.2) is 31.4 Å². The van der Waals surface area contributed by atoms with E-state index in [0.717, 1.165) is 38.0 Å². The van der Waals surface area contributed by atoms with E-state index >= 15 is 0 Å². The third-order valence-electron chi connectivity index (χ3n) is 5.11. The number of benzene rings is 1. The number of hydrogen-bond acceptors (Lipinski definition) is 3. The number of piperidine rings is 1. The van der Waals surface area contributed by atoms with E-state index < -0.39 is 0 Å². The van der Waals surface area contributed by atoms with E-state index in [1.165, 1.54) is 0 Å². The summed E-state index contributed by atoms with van der Waals surface area (Å²) in [5, 5.41) is 9.79. The van der Waals surface area contributed by atoms with Gasteiger partial charge in [0.05, 0.1) is 0 Å². The van der Waals surface area contributed by atoms with Crippen LogP contribution in [0, 0.1) is 11.3 Å². The maximum Gasteiger partial charge on any atom is 0.224 e. The molecule has 0 radical (unpaired) electrons. The second-order valence-electron chi connectivity index (χ2n) is 6.82. The zero-order valence-electron chi connectivity index (χ0n) is 13.7. The highest BCUT2D eigenvalue weighted by atomic mass is 35.5. The summed E-state index contributed by atoms with van der Waals surface area (Å²) < 4.78 is 0. The van der Waals surface area contributed by atoms with Gasteiger partial charge in [0.1, 0.15) is 0 Å². The highest BCUT2D eigenvalue weighted by Crippen LogP contribution is 2.58. The van der Waals surface area contributed by atoms with E-state index in [1.54, 1.807) is 24.3 Å². The molecule has 6 heteroatoms. The van der Waals surface area contributed by atoms with Gasteiger partial charge < -0.3 is 16.0 Å². The molecule has 1 saturated carbocycles. The van der Waals surface area contributed by atoms with Crippen LogP contribution in [0.1, 0.15) is 32.1 Å². The minimum absolute atomic E-state index is 0.0483. The Morgan fingerprint density at radius 1 is 1.21 bits per heavy atom. The Kier molecular flexibility index (Phi) is 5.41. The summed E-state index contributed by atoms with van der Waals surface area (Å²) in [7, 11) is 0. The van der Waals surface area contributed by atoms with Gasteiger partial charge >= 0.3 is 0 Å². The summed E-state index contributed by atoms with van der Waals surface area (Å²) in [6, 6.07) is 7.02. The maximum atomic E-state index is 12.2. The first-order valence-electron chi connectivity index (χ1n) is 8.63. The predicted octanol–water partition coefficient (Wildman–Crippen LogP) is 2.56. The summed E-state index contributed by atoms with van der Waals surface area (Å²) in [5.74, 6) is 0.297.